The summed E-state index contributed by atoms with van der Waals surface area (Å²) >= 11 is 0. The summed E-state index contributed by atoms with van der Waals surface area (Å²) < 4.78 is 2.06. The van der Waals surface area contributed by atoms with Gasteiger partial charge in [0.15, 0.2) is 5.65 Å². The summed E-state index contributed by atoms with van der Waals surface area (Å²) in [7, 11) is 0. The number of rotatable bonds is 3. The van der Waals surface area contributed by atoms with Crippen LogP contribution in [0.15, 0.2) is 30.7 Å². The Bertz CT molecular complexity index is 838. The molecule has 0 aliphatic heterocycles. The summed E-state index contributed by atoms with van der Waals surface area (Å²) in [5.41, 5.74) is 3.99. The first-order valence-corrected chi connectivity index (χ1v) is 8.13. The molecule has 23 heavy (non-hydrogen) atoms. The molecule has 0 fully saturated rings. The van der Waals surface area contributed by atoms with Crippen molar-refractivity contribution in [1.82, 2.24) is 24.7 Å². The van der Waals surface area contributed by atoms with Crippen LogP contribution in [0.4, 0.5) is 5.82 Å². The fourth-order valence-corrected chi connectivity index (χ4v) is 3.08. The molecule has 1 unspecified atom stereocenters. The third-order valence-electron chi connectivity index (χ3n) is 4.29. The molecule has 0 bridgehead atoms. The second-order valence-corrected chi connectivity index (χ2v) is 6.30. The lowest BCUT2D eigenvalue weighted by Gasteiger charge is -2.22. The molecular formula is C17H20N6. The Morgan fingerprint density at radius 3 is 2.96 bits per heavy atom. The van der Waals surface area contributed by atoms with Crippen molar-refractivity contribution in [3.05, 3.63) is 42.0 Å². The van der Waals surface area contributed by atoms with Crippen LogP contribution in [0.5, 0.6) is 0 Å². The Balaban J connectivity index is 1.64. The molecule has 1 aliphatic rings. The van der Waals surface area contributed by atoms with Crippen LogP contribution in [-0.2, 0) is 6.42 Å². The zero-order chi connectivity index (χ0) is 15.8. The van der Waals surface area contributed by atoms with E-state index in [0.29, 0.717) is 11.7 Å². The lowest BCUT2D eigenvalue weighted by atomic mass is 9.94. The molecule has 0 aromatic carbocycles. The van der Waals surface area contributed by atoms with E-state index in [2.05, 4.69) is 45.0 Å². The highest BCUT2D eigenvalue weighted by Gasteiger charge is 2.24. The van der Waals surface area contributed by atoms with Gasteiger partial charge >= 0.3 is 0 Å². The van der Waals surface area contributed by atoms with E-state index in [1.54, 1.807) is 12.4 Å². The van der Waals surface area contributed by atoms with Gasteiger partial charge in [-0.3, -0.25) is 9.67 Å². The molecular weight excluding hydrogens is 288 g/mol. The van der Waals surface area contributed by atoms with E-state index in [-0.39, 0.29) is 6.04 Å². The molecule has 6 nitrogen and oxygen atoms in total. The van der Waals surface area contributed by atoms with E-state index < -0.39 is 0 Å². The van der Waals surface area contributed by atoms with Crippen LogP contribution in [0.1, 0.15) is 50.0 Å². The van der Waals surface area contributed by atoms with Crippen molar-refractivity contribution in [3.8, 4) is 0 Å². The Morgan fingerprint density at radius 2 is 2.09 bits per heavy atom. The minimum absolute atomic E-state index is 0.209. The van der Waals surface area contributed by atoms with Crippen molar-refractivity contribution in [3.63, 3.8) is 0 Å². The summed E-state index contributed by atoms with van der Waals surface area (Å²) in [6.45, 7) is 4.31. The molecule has 0 amide bonds. The highest BCUT2D eigenvalue weighted by molar-refractivity contribution is 5.71. The number of hydrogen-bond acceptors (Lipinski definition) is 5. The van der Waals surface area contributed by atoms with Crippen molar-refractivity contribution in [2.24, 2.45) is 0 Å². The summed E-state index contributed by atoms with van der Waals surface area (Å²) in [5.74, 6) is 0.829. The Morgan fingerprint density at radius 1 is 1.22 bits per heavy atom. The molecule has 3 aromatic rings. The van der Waals surface area contributed by atoms with Crippen LogP contribution in [-0.4, -0.2) is 24.7 Å². The van der Waals surface area contributed by atoms with E-state index in [0.717, 1.165) is 29.9 Å². The van der Waals surface area contributed by atoms with Gasteiger partial charge in [0.05, 0.1) is 11.7 Å². The van der Waals surface area contributed by atoms with Gasteiger partial charge in [0, 0.05) is 24.6 Å². The minimum Gasteiger partial charge on any atom is -0.362 e. The molecule has 1 aliphatic carbocycles. The van der Waals surface area contributed by atoms with Gasteiger partial charge in [-0.05, 0) is 50.8 Å². The van der Waals surface area contributed by atoms with Crippen molar-refractivity contribution in [2.75, 3.05) is 5.32 Å². The second kappa shape index (κ2) is 5.61. The zero-order valence-electron chi connectivity index (χ0n) is 13.4. The lowest BCUT2D eigenvalue weighted by molar-refractivity contribution is 0.515. The van der Waals surface area contributed by atoms with E-state index in [1.807, 2.05) is 12.1 Å². The Hall–Kier alpha value is -2.50. The maximum atomic E-state index is 4.79. The number of aryl methyl sites for hydroxylation is 1. The average molecular weight is 308 g/mol. The number of pyridine rings is 1. The van der Waals surface area contributed by atoms with Gasteiger partial charge < -0.3 is 5.32 Å². The third-order valence-corrected chi connectivity index (χ3v) is 4.29. The summed E-state index contributed by atoms with van der Waals surface area (Å²) in [6.07, 6.45) is 8.89. The third kappa shape index (κ3) is 2.65. The smallest absolute Gasteiger partial charge is 0.180 e. The van der Waals surface area contributed by atoms with Crippen molar-refractivity contribution in [2.45, 2.75) is 45.2 Å². The number of nitrogens with zero attached hydrogens (tertiary/aromatic N) is 5. The molecule has 4 rings (SSSR count). The largest absolute Gasteiger partial charge is 0.362 e. The number of fused-ring (bicyclic) bond motifs is 2. The first-order chi connectivity index (χ1) is 11.2. The van der Waals surface area contributed by atoms with E-state index >= 15 is 0 Å². The molecule has 0 saturated heterocycles. The van der Waals surface area contributed by atoms with Crippen molar-refractivity contribution < 1.29 is 0 Å². The quantitative estimate of drug-likeness (QED) is 0.804. The summed E-state index contributed by atoms with van der Waals surface area (Å²) in [4.78, 5) is 13.1. The van der Waals surface area contributed by atoms with Crippen LogP contribution in [0.2, 0.25) is 0 Å². The van der Waals surface area contributed by atoms with Crippen LogP contribution in [0.3, 0.4) is 0 Å². The van der Waals surface area contributed by atoms with Gasteiger partial charge in [-0.1, -0.05) is 0 Å². The van der Waals surface area contributed by atoms with E-state index in [9.17, 15) is 0 Å². The van der Waals surface area contributed by atoms with Crippen LogP contribution in [0.25, 0.3) is 11.2 Å². The zero-order valence-corrected chi connectivity index (χ0v) is 13.4. The van der Waals surface area contributed by atoms with Gasteiger partial charge in [-0.15, -0.1) is 0 Å². The van der Waals surface area contributed by atoms with Gasteiger partial charge in [-0.2, -0.15) is 5.10 Å². The number of aromatic nitrogens is 5. The van der Waals surface area contributed by atoms with Gasteiger partial charge in [0.25, 0.3) is 0 Å². The highest BCUT2D eigenvalue weighted by Crippen LogP contribution is 2.32. The molecule has 0 saturated carbocycles. The second-order valence-electron chi connectivity index (χ2n) is 6.30. The first-order valence-electron chi connectivity index (χ1n) is 8.13. The lowest BCUT2D eigenvalue weighted by Crippen LogP contribution is -2.18. The maximum absolute atomic E-state index is 4.79. The van der Waals surface area contributed by atoms with Gasteiger partial charge in [0.2, 0.25) is 0 Å². The van der Waals surface area contributed by atoms with Crippen molar-refractivity contribution in [1.29, 1.82) is 0 Å². The molecule has 3 aromatic heterocycles. The highest BCUT2D eigenvalue weighted by atomic mass is 15.3. The maximum Gasteiger partial charge on any atom is 0.180 e. The van der Waals surface area contributed by atoms with Crippen LogP contribution < -0.4 is 5.32 Å². The number of anilines is 1. The molecule has 0 spiro atoms. The van der Waals surface area contributed by atoms with E-state index in [4.69, 9.17) is 5.10 Å². The SMILES string of the molecule is CC(C)n1cc2c(n1)C(Nc1ccc3nccnc3n1)CCC2. The fraction of sp³-hybridized carbons (Fsp3) is 0.412. The predicted octanol–water partition coefficient (Wildman–Crippen LogP) is 3.29. The molecule has 0 radical (unpaired) electrons. The fourth-order valence-electron chi connectivity index (χ4n) is 3.08. The molecule has 6 heteroatoms. The van der Waals surface area contributed by atoms with Gasteiger partial charge in [0.1, 0.15) is 11.3 Å². The van der Waals surface area contributed by atoms with E-state index in [1.165, 1.54) is 12.0 Å². The first kappa shape index (κ1) is 14.1. The summed E-state index contributed by atoms with van der Waals surface area (Å²) in [5, 5.41) is 8.32. The predicted molar refractivity (Wildman–Crippen MR) is 89.2 cm³/mol. The Kier molecular flexibility index (Phi) is 3.44. The van der Waals surface area contributed by atoms with Crippen molar-refractivity contribution >= 4 is 17.0 Å². The summed E-state index contributed by atoms with van der Waals surface area (Å²) in [6, 6.07) is 4.51. The topological polar surface area (TPSA) is 68.5 Å². The van der Waals surface area contributed by atoms with Crippen LogP contribution in [0, 0.1) is 0 Å². The molecule has 3 heterocycles. The molecule has 1 N–H and O–H groups in total. The number of nitrogens with one attached hydrogen (secondary N) is 1. The van der Waals surface area contributed by atoms with Crippen LogP contribution >= 0.6 is 0 Å². The average Bonchev–Trinajstić information content (AvgIpc) is 3.00. The molecule has 118 valence electrons. The normalized spacial score (nSPS) is 17.4. The monoisotopic (exact) mass is 308 g/mol. The minimum atomic E-state index is 0.209. The molecule has 1 atom stereocenters. The Labute approximate surface area is 135 Å². The standard InChI is InChI=1S/C17H20N6/c1-11(2)23-10-12-4-3-5-13(16(12)22-23)20-15-7-6-14-17(21-15)19-9-8-18-14/h6-11,13H,3-5H2,1-2H3,(H,19,20,21). The number of hydrogen-bond donors (Lipinski definition) is 1. The van der Waals surface area contributed by atoms with Gasteiger partial charge in [-0.25, -0.2) is 9.97 Å².